The van der Waals surface area contributed by atoms with E-state index in [1.54, 1.807) is 13.8 Å². The minimum absolute atomic E-state index is 0.00397. The van der Waals surface area contributed by atoms with Gasteiger partial charge in [0.1, 0.15) is 11.6 Å². The summed E-state index contributed by atoms with van der Waals surface area (Å²) in [6.45, 7) is 4.23. The van der Waals surface area contributed by atoms with Crippen molar-refractivity contribution >= 4 is 5.91 Å². The standard InChI is InChI=1S/C21H23N3O2/c1-14-17(15(2)24-20(26)18(14)12-22)8-9-19(25)23-13-21(10-11-21)16-6-4-3-5-7-16/h3-7H,8-11,13H2,1-2H3,(H,23,25)(H,24,26). The number of aryl methyl sites for hydroxylation is 1. The second-order valence-corrected chi connectivity index (χ2v) is 7.09. The Balaban J connectivity index is 1.61. The van der Waals surface area contributed by atoms with E-state index in [9.17, 15) is 9.59 Å². The Hall–Kier alpha value is -2.87. The van der Waals surface area contributed by atoms with Gasteiger partial charge in [0.2, 0.25) is 5.91 Å². The summed E-state index contributed by atoms with van der Waals surface area (Å²) in [6.07, 6.45) is 3.04. The molecule has 1 fully saturated rings. The van der Waals surface area contributed by atoms with E-state index in [0.717, 1.165) is 24.1 Å². The fraction of sp³-hybridized carbons (Fsp3) is 0.381. The monoisotopic (exact) mass is 349 g/mol. The third-order valence-corrected chi connectivity index (χ3v) is 5.39. The Morgan fingerprint density at radius 3 is 2.58 bits per heavy atom. The number of nitriles is 1. The van der Waals surface area contributed by atoms with Crippen LogP contribution in [-0.4, -0.2) is 17.4 Å². The van der Waals surface area contributed by atoms with Gasteiger partial charge in [0, 0.05) is 24.1 Å². The Morgan fingerprint density at radius 1 is 1.27 bits per heavy atom. The summed E-state index contributed by atoms with van der Waals surface area (Å²) in [7, 11) is 0. The van der Waals surface area contributed by atoms with E-state index in [0.29, 0.717) is 24.9 Å². The third-order valence-electron chi connectivity index (χ3n) is 5.39. The topological polar surface area (TPSA) is 85.8 Å². The van der Waals surface area contributed by atoms with Crippen LogP contribution in [0.25, 0.3) is 0 Å². The summed E-state index contributed by atoms with van der Waals surface area (Å²) in [5.41, 5.74) is 3.41. The third kappa shape index (κ3) is 3.55. The molecule has 0 saturated heterocycles. The van der Waals surface area contributed by atoms with Crippen LogP contribution in [0.1, 0.15) is 47.2 Å². The Kier molecular flexibility index (Phi) is 4.94. The molecule has 0 atom stereocenters. The summed E-state index contributed by atoms with van der Waals surface area (Å²) in [5, 5.41) is 12.2. The number of aromatic amines is 1. The van der Waals surface area contributed by atoms with E-state index in [4.69, 9.17) is 5.26 Å². The van der Waals surface area contributed by atoms with Crippen LogP contribution in [0.4, 0.5) is 0 Å². The second-order valence-electron chi connectivity index (χ2n) is 7.09. The van der Waals surface area contributed by atoms with Gasteiger partial charge in [-0.25, -0.2) is 0 Å². The summed E-state index contributed by atoms with van der Waals surface area (Å²) in [5.74, 6) is -0.00397. The molecule has 0 radical (unpaired) electrons. The fourth-order valence-electron chi connectivity index (χ4n) is 3.53. The van der Waals surface area contributed by atoms with Gasteiger partial charge in [0.25, 0.3) is 5.56 Å². The molecule has 1 heterocycles. The highest BCUT2D eigenvalue weighted by Gasteiger charge is 2.44. The summed E-state index contributed by atoms with van der Waals surface area (Å²) in [4.78, 5) is 26.8. The van der Waals surface area contributed by atoms with E-state index in [1.807, 2.05) is 24.3 Å². The zero-order valence-electron chi connectivity index (χ0n) is 15.2. The molecule has 0 aliphatic heterocycles. The molecule has 0 unspecified atom stereocenters. The number of rotatable bonds is 6. The summed E-state index contributed by atoms with van der Waals surface area (Å²) < 4.78 is 0. The number of carbonyl (C=O) groups is 1. The quantitative estimate of drug-likeness (QED) is 0.840. The smallest absolute Gasteiger partial charge is 0.266 e. The molecule has 5 heteroatoms. The summed E-state index contributed by atoms with van der Waals surface area (Å²) >= 11 is 0. The largest absolute Gasteiger partial charge is 0.355 e. The lowest BCUT2D eigenvalue weighted by molar-refractivity contribution is -0.121. The molecule has 2 N–H and O–H groups in total. The molecule has 0 spiro atoms. The highest BCUT2D eigenvalue weighted by atomic mass is 16.1. The first kappa shape index (κ1) is 17.9. The Bertz CT molecular complexity index is 919. The molecule has 1 aromatic heterocycles. The number of carbonyl (C=O) groups excluding carboxylic acids is 1. The van der Waals surface area contributed by atoms with Crippen LogP contribution in [0.3, 0.4) is 0 Å². The predicted octanol–water partition coefficient (Wildman–Crippen LogP) is 2.64. The van der Waals surface area contributed by atoms with Crippen molar-refractivity contribution in [1.29, 1.82) is 5.26 Å². The molecular formula is C21H23N3O2. The molecule has 1 saturated carbocycles. The second kappa shape index (κ2) is 7.17. The molecule has 134 valence electrons. The predicted molar refractivity (Wildman–Crippen MR) is 99.9 cm³/mol. The number of hydrogen-bond donors (Lipinski definition) is 2. The molecule has 26 heavy (non-hydrogen) atoms. The molecular weight excluding hydrogens is 326 g/mol. The number of H-pyrrole nitrogens is 1. The molecule has 5 nitrogen and oxygen atoms in total. The molecule has 1 aliphatic rings. The number of amides is 1. The first-order chi connectivity index (χ1) is 12.5. The zero-order valence-corrected chi connectivity index (χ0v) is 15.2. The van der Waals surface area contributed by atoms with E-state index in [-0.39, 0.29) is 22.4 Å². The van der Waals surface area contributed by atoms with Crippen molar-refractivity contribution < 1.29 is 4.79 Å². The minimum Gasteiger partial charge on any atom is -0.355 e. The fourth-order valence-corrected chi connectivity index (χ4v) is 3.53. The van der Waals surface area contributed by atoms with E-state index in [1.165, 1.54) is 5.56 Å². The lowest BCUT2D eigenvalue weighted by Crippen LogP contribution is -2.32. The van der Waals surface area contributed by atoms with Gasteiger partial charge in [-0.15, -0.1) is 0 Å². The van der Waals surface area contributed by atoms with Crippen LogP contribution in [0.15, 0.2) is 35.1 Å². The van der Waals surface area contributed by atoms with E-state index < -0.39 is 0 Å². The number of hydrogen-bond acceptors (Lipinski definition) is 3. The van der Waals surface area contributed by atoms with Crippen molar-refractivity contribution in [3.63, 3.8) is 0 Å². The Morgan fingerprint density at radius 2 is 1.96 bits per heavy atom. The number of aromatic nitrogens is 1. The van der Waals surface area contributed by atoms with Crippen molar-refractivity contribution in [1.82, 2.24) is 10.3 Å². The van der Waals surface area contributed by atoms with Gasteiger partial charge in [-0.1, -0.05) is 30.3 Å². The maximum absolute atomic E-state index is 12.3. The van der Waals surface area contributed by atoms with E-state index >= 15 is 0 Å². The van der Waals surface area contributed by atoms with Gasteiger partial charge in [0.05, 0.1) is 0 Å². The van der Waals surface area contributed by atoms with Gasteiger partial charge >= 0.3 is 0 Å². The number of nitrogens with one attached hydrogen (secondary N) is 2. The van der Waals surface area contributed by atoms with Crippen molar-refractivity contribution in [2.45, 2.75) is 44.9 Å². The molecule has 1 amide bonds. The minimum atomic E-state index is -0.366. The maximum Gasteiger partial charge on any atom is 0.266 e. The van der Waals surface area contributed by atoms with Gasteiger partial charge < -0.3 is 10.3 Å². The highest BCUT2D eigenvalue weighted by molar-refractivity contribution is 5.76. The number of nitrogens with zero attached hydrogens (tertiary/aromatic N) is 1. The zero-order chi connectivity index (χ0) is 18.7. The van der Waals surface area contributed by atoms with Crippen LogP contribution < -0.4 is 10.9 Å². The number of pyridine rings is 1. The van der Waals surface area contributed by atoms with Gasteiger partial charge in [-0.05, 0) is 49.8 Å². The van der Waals surface area contributed by atoms with Gasteiger partial charge in [-0.2, -0.15) is 5.26 Å². The molecule has 3 rings (SSSR count). The molecule has 2 aromatic rings. The highest BCUT2D eigenvalue weighted by Crippen LogP contribution is 2.47. The lowest BCUT2D eigenvalue weighted by Gasteiger charge is -2.17. The Labute approximate surface area is 153 Å². The first-order valence-corrected chi connectivity index (χ1v) is 8.91. The molecule has 1 aromatic carbocycles. The van der Waals surface area contributed by atoms with Crippen LogP contribution in [0.5, 0.6) is 0 Å². The van der Waals surface area contributed by atoms with Crippen molar-refractivity contribution in [2.75, 3.05) is 6.54 Å². The average molecular weight is 349 g/mol. The first-order valence-electron chi connectivity index (χ1n) is 8.91. The van der Waals surface area contributed by atoms with Crippen molar-refractivity contribution in [3.05, 3.63) is 68.6 Å². The van der Waals surface area contributed by atoms with Gasteiger partial charge in [-0.3, -0.25) is 9.59 Å². The van der Waals surface area contributed by atoms with Crippen LogP contribution >= 0.6 is 0 Å². The van der Waals surface area contributed by atoms with Crippen LogP contribution in [0.2, 0.25) is 0 Å². The SMILES string of the molecule is Cc1[nH]c(=O)c(C#N)c(C)c1CCC(=O)NCC1(c2ccccc2)CC1. The summed E-state index contributed by atoms with van der Waals surface area (Å²) in [6, 6.07) is 12.3. The lowest BCUT2D eigenvalue weighted by atomic mass is 9.95. The molecule has 1 aliphatic carbocycles. The van der Waals surface area contributed by atoms with Crippen molar-refractivity contribution in [3.8, 4) is 6.07 Å². The maximum atomic E-state index is 12.3. The van der Waals surface area contributed by atoms with Gasteiger partial charge in [0.15, 0.2) is 0 Å². The van der Waals surface area contributed by atoms with Crippen molar-refractivity contribution in [2.24, 2.45) is 0 Å². The number of benzene rings is 1. The molecule has 0 bridgehead atoms. The van der Waals surface area contributed by atoms with Crippen LogP contribution in [-0.2, 0) is 16.6 Å². The van der Waals surface area contributed by atoms with Crippen LogP contribution in [0, 0.1) is 25.2 Å². The van der Waals surface area contributed by atoms with E-state index in [2.05, 4.69) is 22.4 Å². The normalized spacial score (nSPS) is 14.5. The average Bonchev–Trinajstić information content (AvgIpc) is 3.42.